The molecule has 0 saturated carbocycles. The Morgan fingerprint density at radius 3 is 2.44 bits per heavy atom. The average molecular weight is 229 g/mol. The molecule has 0 aromatic rings. The van der Waals surface area contributed by atoms with Gasteiger partial charge in [0.05, 0.1) is 12.5 Å². The van der Waals surface area contributed by atoms with Crippen molar-refractivity contribution < 1.29 is 19.4 Å². The number of hydrogen-bond acceptors (Lipinski definition) is 4. The van der Waals surface area contributed by atoms with Crippen LogP contribution in [0.3, 0.4) is 0 Å². The summed E-state index contributed by atoms with van der Waals surface area (Å²) in [6, 6.07) is -0.469. The first-order valence-electron chi connectivity index (χ1n) is 5.69. The second-order valence-electron chi connectivity index (χ2n) is 4.08. The summed E-state index contributed by atoms with van der Waals surface area (Å²) in [5.74, 6) is -1.02. The second kappa shape index (κ2) is 5.84. The van der Waals surface area contributed by atoms with Crippen molar-refractivity contribution in [2.24, 2.45) is 5.92 Å². The smallest absolute Gasteiger partial charge is 0.320 e. The van der Waals surface area contributed by atoms with Crippen molar-refractivity contribution in [2.75, 3.05) is 19.7 Å². The molecular formula is C11H19NO4. The molecule has 0 aromatic carbocycles. The number of carbonyl (C=O) groups excluding carboxylic acids is 1. The summed E-state index contributed by atoms with van der Waals surface area (Å²) in [7, 11) is 0. The monoisotopic (exact) mass is 229 g/mol. The molecule has 5 nitrogen and oxygen atoms in total. The van der Waals surface area contributed by atoms with E-state index in [1.165, 1.54) is 0 Å². The Kier molecular flexibility index (Phi) is 4.73. The molecule has 16 heavy (non-hydrogen) atoms. The molecule has 1 aliphatic rings. The van der Waals surface area contributed by atoms with Crippen LogP contribution in [0.4, 0.5) is 0 Å². The van der Waals surface area contributed by atoms with Crippen molar-refractivity contribution in [1.29, 1.82) is 0 Å². The number of aliphatic carboxylic acids is 1. The van der Waals surface area contributed by atoms with Crippen LogP contribution in [-0.2, 0) is 14.3 Å². The minimum absolute atomic E-state index is 0.0582. The third-order valence-electron chi connectivity index (χ3n) is 3.05. The Bertz CT molecular complexity index is 259. The summed E-state index contributed by atoms with van der Waals surface area (Å²) >= 11 is 0. The Balaban J connectivity index is 2.39. The van der Waals surface area contributed by atoms with Gasteiger partial charge < -0.3 is 9.84 Å². The summed E-state index contributed by atoms with van der Waals surface area (Å²) in [6.07, 6.45) is 1.38. The van der Waals surface area contributed by atoms with E-state index >= 15 is 0 Å². The molecule has 1 unspecified atom stereocenters. The van der Waals surface area contributed by atoms with E-state index in [1.807, 2.05) is 4.90 Å². The van der Waals surface area contributed by atoms with E-state index in [2.05, 4.69) is 0 Å². The molecule has 0 spiro atoms. The summed E-state index contributed by atoms with van der Waals surface area (Å²) in [5.41, 5.74) is 0. The number of hydrogen-bond donors (Lipinski definition) is 1. The Morgan fingerprint density at radius 2 is 2.00 bits per heavy atom. The van der Waals surface area contributed by atoms with E-state index < -0.39 is 12.0 Å². The first kappa shape index (κ1) is 13.0. The van der Waals surface area contributed by atoms with Gasteiger partial charge >= 0.3 is 11.9 Å². The molecule has 1 fully saturated rings. The van der Waals surface area contributed by atoms with E-state index in [0.717, 1.165) is 0 Å². The lowest BCUT2D eigenvalue weighted by atomic mass is 9.96. The molecular weight excluding hydrogens is 210 g/mol. The van der Waals surface area contributed by atoms with Gasteiger partial charge in [0.15, 0.2) is 0 Å². The topological polar surface area (TPSA) is 66.8 Å². The fourth-order valence-electron chi connectivity index (χ4n) is 1.94. The lowest BCUT2D eigenvalue weighted by Gasteiger charge is -2.33. The number of carboxylic acids is 1. The van der Waals surface area contributed by atoms with Gasteiger partial charge in [-0.25, -0.2) is 0 Å². The van der Waals surface area contributed by atoms with Crippen molar-refractivity contribution in [3.8, 4) is 0 Å². The predicted molar refractivity (Wildman–Crippen MR) is 58.0 cm³/mol. The summed E-state index contributed by atoms with van der Waals surface area (Å²) in [4.78, 5) is 24.1. The number of piperidine rings is 1. The van der Waals surface area contributed by atoms with E-state index in [9.17, 15) is 9.59 Å². The fraction of sp³-hybridized carbons (Fsp3) is 0.818. The zero-order valence-electron chi connectivity index (χ0n) is 9.81. The predicted octanol–water partition coefficient (Wildman–Crippen LogP) is 0.735. The van der Waals surface area contributed by atoms with Crippen LogP contribution in [0.2, 0.25) is 0 Å². The highest BCUT2D eigenvalue weighted by atomic mass is 16.5. The van der Waals surface area contributed by atoms with Crippen LogP contribution in [0.25, 0.3) is 0 Å². The lowest BCUT2D eigenvalue weighted by molar-refractivity contribution is -0.150. The molecule has 1 N–H and O–H groups in total. The van der Waals surface area contributed by atoms with E-state index in [4.69, 9.17) is 9.84 Å². The third-order valence-corrected chi connectivity index (χ3v) is 3.05. The first-order valence-corrected chi connectivity index (χ1v) is 5.69. The summed E-state index contributed by atoms with van der Waals surface area (Å²) in [5, 5.41) is 8.86. The molecule has 0 bridgehead atoms. The van der Waals surface area contributed by atoms with Crippen molar-refractivity contribution in [2.45, 2.75) is 32.7 Å². The van der Waals surface area contributed by atoms with E-state index in [-0.39, 0.29) is 11.9 Å². The summed E-state index contributed by atoms with van der Waals surface area (Å²) in [6.45, 7) is 5.17. The number of esters is 1. The van der Waals surface area contributed by atoms with E-state index in [0.29, 0.717) is 32.5 Å². The zero-order chi connectivity index (χ0) is 12.1. The SMILES string of the molecule is CCOC(=O)C1CCN(C(C)C(=O)O)CC1. The molecule has 1 aliphatic heterocycles. The molecule has 92 valence electrons. The average Bonchev–Trinajstić information content (AvgIpc) is 2.28. The van der Waals surface area contributed by atoms with Gasteiger partial charge in [0.2, 0.25) is 0 Å². The van der Waals surface area contributed by atoms with Crippen LogP contribution < -0.4 is 0 Å². The molecule has 1 atom stereocenters. The molecule has 0 aliphatic carbocycles. The van der Waals surface area contributed by atoms with Gasteiger partial charge in [-0.1, -0.05) is 0 Å². The Hall–Kier alpha value is -1.10. The Morgan fingerprint density at radius 1 is 1.44 bits per heavy atom. The molecule has 0 aromatic heterocycles. The number of carboxylic acid groups (broad SMARTS) is 1. The standard InChI is InChI=1S/C11H19NO4/c1-3-16-11(15)9-4-6-12(7-5-9)8(2)10(13)14/h8-9H,3-7H2,1-2H3,(H,13,14). The van der Waals surface area contributed by atoms with Crippen LogP contribution >= 0.6 is 0 Å². The maximum absolute atomic E-state index is 11.5. The highest BCUT2D eigenvalue weighted by Crippen LogP contribution is 2.20. The van der Waals surface area contributed by atoms with Gasteiger partial charge in [0.25, 0.3) is 0 Å². The van der Waals surface area contributed by atoms with Crippen molar-refractivity contribution in [3.63, 3.8) is 0 Å². The number of ether oxygens (including phenoxy) is 1. The fourth-order valence-corrected chi connectivity index (χ4v) is 1.94. The number of carbonyl (C=O) groups is 2. The van der Waals surface area contributed by atoms with Crippen molar-refractivity contribution >= 4 is 11.9 Å². The van der Waals surface area contributed by atoms with Crippen LogP contribution in [0.1, 0.15) is 26.7 Å². The van der Waals surface area contributed by atoms with Gasteiger partial charge in [0, 0.05) is 0 Å². The molecule has 1 heterocycles. The minimum atomic E-state index is -0.811. The van der Waals surface area contributed by atoms with Crippen LogP contribution in [-0.4, -0.2) is 47.7 Å². The van der Waals surface area contributed by atoms with Gasteiger partial charge in [-0.2, -0.15) is 0 Å². The normalized spacial score (nSPS) is 20.4. The van der Waals surface area contributed by atoms with Gasteiger partial charge in [-0.15, -0.1) is 0 Å². The Labute approximate surface area is 95.4 Å². The molecule has 1 rings (SSSR count). The molecule has 5 heteroatoms. The maximum Gasteiger partial charge on any atom is 0.320 e. The van der Waals surface area contributed by atoms with Crippen molar-refractivity contribution in [1.82, 2.24) is 4.90 Å². The highest BCUT2D eigenvalue weighted by molar-refractivity contribution is 5.74. The molecule has 0 radical (unpaired) electrons. The second-order valence-corrected chi connectivity index (χ2v) is 4.08. The first-order chi connectivity index (χ1) is 7.56. The lowest BCUT2D eigenvalue weighted by Crippen LogP contribution is -2.45. The van der Waals surface area contributed by atoms with Crippen molar-refractivity contribution in [3.05, 3.63) is 0 Å². The summed E-state index contributed by atoms with van der Waals surface area (Å²) < 4.78 is 4.95. The quantitative estimate of drug-likeness (QED) is 0.720. The maximum atomic E-state index is 11.5. The third kappa shape index (κ3) is 3.20. The number of likely N-dealkylation sites (tertiary alicyclic amines) is 1. The molecule has 0 amide bonds. The van der Waals surface area contributed by atoms with Gasteiger partial charge in [0.1, 0.15) is 6.04 Å². The number of rotatable bonds is 4. The van der Waals surface area contributed by atoms with Crippen LogP contribution in [0.15, 0.2) is 0 Å². The van der Waals surface area contributed by atoms with Gasteiger partial charge in [-0.05, 0) is 39.8 Å². The minimum Gasteiger partial charge on any atom is -0.480 e. The zero-order valence-corrected chi connectivity index (χ0v) is 9.81. The number of nitrogens with zero attached hydrogens (tertiary/aromatic N) is 1. The van der Waals surface area contributed by atoms with Crippen LogP contribution in [0, 0.1) is 5.92 Å². The van der Waals surface area contributed by atoms with Crippen LogP contribution in [0.5, 0.6) is 0 Å². The van der Waals surface area contributed by atoms with Gasteiger partial charge in [-0.3, -0.25) is 14.5 Å². The highest BCUT2D eigenvalue weighted by Gasteiger charge is 2.30. The molecule has 1 saturated heterocycles. The van der Waals surface area contributed by atoms with E-state index in [1.54, 1.807) is 13.8 Å². The largest absolute Gasteiger partial charge is 0.480 e.